The van der Waals surface area contributed by atoms with Gasteiger partial charge in [0.05, 0.1) is 24.5 Å². The quantitative estimate of drug-likeness (QED) is 0.188. The molecule has 172 valence electrons. The molecule has 1 amide bonds. The van der Waals surface area contributed by atoms with Crippen LogP contribution in [-0.4, -0.2) is 16.0 Å². The lowest BCUT2D eigenvalue weighted by molar-refractivity contribution is -0.384. The van der Waals surface area contributed by atoms with Gasteiger partial charge in [-0.05, 0) is 91.5 Å². The Morgan fingerprint density at radius 2 is 1.82 bits per heavy atom. The standard InChI is InChI=1S/C24H17Br2N3O4S/c1-14-9-17(29(31)32)7-8-20(14)27-24-28-23(30)21(34-24)12-16-10-18(25)22(19(26)11-16)33-13-15-5-3-2-4-6-15/h2-12H,13H2,1H3,(H,27,28,30)/b21-12+. The summed E-state index contributed by atoms with van der Waals surface area (Å²) in [6, 6.07) is 18.0. The molecule has 0 bridgehead atoms. The highest BCUT2D eigenvalue weighted by Crippen LogP contribution is 2.37. The molecule has 1 heterocycles. The van der Waals surface area contributed by atoms with Crippen molar-refractivity contribution in [3.05, 3.63) is 101 Å². The summed E-state index contributed by atoms with van der Waals surface area (Å²) in [5.74, 6) is 0.408. The number of rotatable bonds is 6. The molecular weight excluding hydrogens is 586 g/mol. The zero-order valence-corrected chi connectivity index (χ0v) is 21.7. The van der Waals surface area contributed by atoms with Crippen LogP contribution in [0.2, 0.25) is 0 Å². The summed E-state index contributed by atoms with van der Waals surface area (Å²) in [6.45, 7) is 2.17. The molecule has 1 saturated heterocycles. The van der Waals surface area contributed by atoms with Gasteiger partial charge in [0, 0.05) is 12.1 Å². The zero-order chi connectivity index (χ0) is 24.2. The zero-order valence-electron chi connectivity index (χ0n) is 17.7. The Bertz CT molecular complexity index is 1320. The fourth-order valence-electron chi connectivity index (χ4n) is 3.15. The number of nitrogens with one attached hydrogen (secondary N) is 1. The van der Waals surface area contributed by atoms with Gasteiger partial charge in [-0.1, -0.05) is 30.3 Å². The molecule has 1 aliphatic heterocycles. The number of ether oxygens (including phenoxy) is 1. The highest BCUT2D eigenvalue weighted by Gasteiger charge is 2.24. The van der Waals surface area contributed by atoms with E-state index in [2.05, 4.69) is 42.2 Å². The summed E-state index contributed by atoms with van der Waals surface area (Å²) in [5.41, 5.74) is 3.06. The number of nitro groups is 1. The van der Waals surface area contributed by atoms with Crippen molar-refractivity contribution in [3.63, 3.8) is 0 Å². The number of nitrogens with zero attached hydrogens (tertiary/aromatic N) is 2. The number of hydrogen-bond acceptors (Lipinski definition) is 6. The minimum Gasteiger partial charge on any atom is -0.487 e. The van der Waals surface area contributed by atoms with Crippen LogP contribution in [0, 0.1) is 17.0 Å². The van der Waals surface area contributed by atoms with Crippen LogP contribution in [0.5, 0.6) is 5.75 Å². The number of aliphatic imine (C=N–C) groups is 1. The predicted molar refractivity (Wildman–Crippen MR) is 141 cm³/mol. The number of amidine groups is 1. The minimum atomic E-state index is -0.453. The number of thioether (sulfide) groups is 1. The van der Waals surface area contributed by atoms with Crippen molar-refractivity contribution >= 4 is 72.1 Å². The number of aryl methyl sites for hydroxylation is 1. The largest absolute Gasteiger partial charge is 0.487 e. The maximum Gasteiger partial charge on any atom is 0.269 e. The van der Waals surface area contributed by atoms with Gasteiger partial charge in [-0.25, -0.2) is 4.99 Å². The minimum absolute atomic E-state index is 0.00232. The van der Waals surface area contributed by atoms with Crippen LogP contribution in [0.1, 0.15) is 16.7 Å². The molecule has 0 aromatic heterocycles. The van der Waals surface area contributed by atoms with E-state index in [9.17, 15) is 14.9 Å². The molecule has 0 atom stereocenters. The lowest BCUT2D eigenvalue weighted by Gasteiger charge is -2.11. The molecule has 7 nitrogen and oxygen atoms in total. The molecule has 1 aliphatic rings. The molecule has 1 N–H and O–H groups in total. The van der Waals surface area contributed by atoms with Gasteiger partial charge in [-0.2, -0.15) is 0 Å². The molecule has 0 aliphatic carbocycles. The first-order valence-corrected chi connectivity index (χ1v) is 12.4. The van der Waals surface area contributed by atoms with E-state index in [1.807, 2.05) is 42.5 Å². The van der Waals surface area contributed by atoms with Crippen molar-refractivity contribution < 1.29 is 14.5 Å². The molecule has 3 aromatic rings. The highest BCUT2D eigenvalue weighted by molar-refractivity contribution is 9.11. The van der Waals surface area contributed by atoms with Crippen molar-refractivity contribution in [1.29, 1.82) is 0 Å². The first-order chi connectivity index (χ1) is 16.3. The summed E-state index contributed by atoms with van der Waals surface area (Å²) in [7, 11) is 0. The Morgan fingerprint density at radius 1 is 1.12 bits per heavy atom. The molecule has 4 rings (SSSR count). The Morgan fingerprint density at radius 3 is 2.47 bits per heavy atom. The number of halogens is 2. The van der Waals surface area contributed by atoms with E-state index in [0.717, 1.165) is 20.1 Å². The lowest BCUT2D eigenvalue weighted by Crippen LogP contribution is -2.19. The number of hydrogen-bond donors (Lipinski definition) is 1. The third kappa shape index (κ3) is 5.75. The number of nitro benzene ring substituents is 1. The molecule has 10 heteroatoms. The van der Waals surface area contributed by atoms with Crippen molar-refractivity contribution in [2.24, 2.45) is 4.99 Å². The van der Waals surface area contributed by atoms with E-state index in [1.165, 1.54) is 23.9 Å². The number of carbonyl (C=O) groups is 1. The third-order valence-corrected chi connectivity index (χ3v) is 6.90. The van der Waals surface area contributed by atoms with Crippen molar-refractivity contribution in [2.75, 3.05) is 0 Å². The summed E-state index contributed by atoms with van der Waals surface area (Å²) < 4.78 is 7.46. The van der Waals surface area contributed by atoms with Crippen LogP contribution in [0.25, 0.3) is 6.08 Å². The topological polar surface area (TPSA) is 93.8 Å². The highest BCUT2D eigenvalue weighted by atomic mass is 79.9. The van der Waals surface area contributed by atoms with Gasteiger partial charge < -0.3 is 10.1 Å². The smallest absolute Gasteiger partial charge is 0.269 e. The fraction of sp³-hybridized carbons (Fsp3) is 0.0833. The van der Waals surface area contributed by atoms with Crippen LogP contribution in [-0.2, 0) is 11.4 Å². The summed E-state index contributed by atoms with van der Waals surface area (Å²) >= 11 is 8.31. The van der Waals surface area contributed by atoms with Crippen LogP contribution < -0.4 is 10.1 Å². The lowest BCUT2D eigenvalue weighted by atomic mass is 10.2. The van der Waals surface area contributed by atoms with Gasteiger partial charge in [0.15, 0.2) is 5.17 Å². The van der Waals surface area contributed by atoms with Crippen LogP contribution in [0.3, 0.4) is 0 Å². The Balaban J connectivity index is 1.51. The van der Waals surface area contributed by atoms with E-state index < -0.39 is 4.92 Å². The van der Waals surface area contributed by atoms with Gasteiger partial charge in [-0.3, -0.25) is 14.9 Å². The molecule has 1 fully saturated rings. The average Bonchev–Trinajstić information content (AvgIpc) is 3.13. The first-order valence-electron chi connectivity index (χ1n) is 10.0. The number of non-ortho nitro benzene ring substituents is 1. The molecule has 0 radical (unpaired) electrons. The summed E-state index contributed by atoms with van der Waals surface area (Å²) in [6.07, 6.45) is 1.77. The van der Waals surface area contributed by atoms with E-state index in [1.54, 1.807) is 19.1 Å². The SMILES string of the molecule is Cc1cc([N+](=O)[O-])ccc1N=C1NC(=O)/C(=C\c2cc(Br)c(OCc3ccccc3)c(Br)c2)S1. The van der Waals surface area contributed by atoms with Crippen molar-refractivity contribution in [2.45, 2.75) is 13.5 Å². The maximum absolute atomic E-state index is 12.5. The second-order valence-corrected chi connectivity index (χ2v) is 10.0. The monoisotopic (exact) mass is 601 g/mol. The Labute approximate surface area is 216 Å². The van der Waals surface area contributed by atoms with Crippen LogP contribution >= 0.6 is 43.6 Å². The second kappa shape index (κ2) is 10.5. The van der Waals surface area contributed by atoms with Crippen molar-refractivity contribution in [3.8, 4) is 5.75 Å². The van der Waals surface area contributed by atoms with Crippen molar-refractivity contribution in [1.82, 2.24) is 5.32 Å². The van der Waals surface area contributed by atoms with Gasteiger partial charge in [-0.15, -0.1) is 0 Å². The molecule has 34 heavy (non-hydrogen) atoms. The van der Waals surface area contributed by atoms with E-state index in [0.29, 0.717) is 33.7 Å². The number of benzene rings is 3. The third-order valence-electron chi connectivity index (χ3n) is 4.81. The summed E-state index contributed by atoms with van der Waals surface area (Å²) in [4.78, 5) is 27.9. The number of amides is 1. The average molecular weight is 603 g/mol. The number of carbonyl (C=O) groups excluding carboxylic acids is 1. The first kappa shape index (κ1) is 24.2. The fourth-order valence-corrected chi connectivity index (χ4v) is 5.44. The van der Waals surface area contributed by atoms with Gasteiger partial charge in [0.25, 0.3) is 11.6 Å². The Hall–Kier alpha value is -2.95. The molecule has 0 unspecified atom stereocenters. The molecule has 0 spiro atoms. The van der Waals surface area contributed by atoms with E-state index in [4.69, 9.17) is 4.74 Å². The molecular formula is C24H17Br2N3O4S. The van der Waals surface area contributed by atoms with Crippen LogP contribution in [0.4, 0.5) is 11.4 Å². The van der Waals surface area contributed by atoms with E-state index >= 15 is 0 Å². The maximum atomic E-state index is 12.5. The van der Waals surface area contributed by atoms with Crippen LogP contribution in [0.15, 0.2) is 79.5 Å². The van der Waals surface area contributed by atoms with Gasteiger partial charge >= 0.3 is 0 Å². The normalized spacial score (nSPS) is 15.6. The molecule has 0 saturated carbocycles. The van der Waals surface area contributed by atoms with Gasteiger partial charge in [0.2, 0.25) is 0 Å². The second-order valence-electron chi connectivity index (χ2n) is 7.30. The Kier molecular flexibility index (Phi) is 7.50. The predicted octanol–water partition coefficient (Wildman–Crippen LogP) is 6.90. The molecule has 3 aromatic carbocycles. The summed E-state index contributed by atoms with van der Waals surface area (Å²) in [5, 5.41) is 14.1. The van der Waals surface area contributed by atoms with E-state index in [-0.39, 0.29) is 11.6 Å². The van der Waals surface area contributed by atoms with Gasteiger partial charge in [0.1, 0.15) is 12.4 Å².